The maximum Gasteiger partial charge on any atom is 0.220 e. The fraction of sp³-hybridized carbons (Fsp3) is 0.200. The van der Waals surface area contributed by atoms with Crippen molar-refractivity contribution in [3.63, 3.8) is 0 Å². The molecule has 0 saturated carbocycles. The van der Waals surface area contributed by atoms with Crippen LogP contribution in [0.1, 0.15) is 12.0 Å². The molecule has 0 atom stereocenters. The van der Waals surface area contributed by atoms with Crippen LogP contribution in [0.15, 0.2) is 18.2 Å². The van der Waals surface area contributed by atoms with Crippen molar-refractivity contribution in [2.45, 2.75) is 6.42 Å². The molecule has 6 heteroatoms. The molecular formula is C10H11ClN2O2S. The summed E-state index contributed by atoms with van der Waals surface area (Å²) in [5, 5.41) is 0.420. The second-order valence-corrected chi connectivity index (χ2v) is 3.92. The van der Waals surface area contributed by atoms with Gasteiger partial charge in [-0.25, -0.2) is 0 Å². The Morgan fingerprint density at radius 3 is 2.62 bits per heavy atom. The van der Waals surface area contributed by atoms with E-state index in [-0.39, 0.29) is 18.0 Å². The summed E-state index contributed by atoms with van der Waals surface area (Å²) >= 11 is 10.7. The Morgan fingerprint density at radius 2 is 2.12 bits per heavy atom. The molecule has 1 aromatic carbocycles. The van der Waals surface area contributed by atoms with Crippen molar-refractivity contribution in [2.24, 2.45) is 11.5 Å². The van der Waals surface area contributed by atoms with Crippen LogP contribution in [0.25, 0.3) is 0 Å². The first-order valence-corrected chi connectivity index (χ1v) is 5.30. The molecule has 0 bridgehead atoms. The number of benzene rings is 1. The number of carbonyl (C=O) groups is 1. The van der Waals surface area contributed by atoms with Crippen molar-refractivity contribution in [1.82, 2.24) is 0 Å². The van der Waals surface area contributed by atoms with Gasteiger partial charge in [0.25, 0.3) is 0 Å². The van der Waals surface area contributed by atoms with E-state index in [1.807, 2.05) is 0 Å². The van der Waals surface area contributed by atoms with E-state index in [2.05, 4.69) is 0 Å². The van der Waals surface area contributed by atoms with E-state index in [0.717, 1.165) is 0 Å². The lowest BCUT2D eigenvalue weighted by Gasteiger charge is -2.07. The number of nitrogens with two attached hydrogens (primary N) is 2. The highest BCUT2D eigenvalue weighted by Crippen LogP contribution is 2.22. The highest BCUT2D eigenvalue weighted by Gasteiger charge is 2.05. The smallest absolute Gasteiger partial charge is 0.220 e. The van der Waals surface area contributed by atoms with Crippen LogP contribution in [0, 0.1) is 0 Å². The maximum absolute atomic E-state index is 10.5. The van der Waals surface area contributed by atoms with Crippen LogP contribution >= 0.6 is 23.8 Å². The number of rotatable bonds is 5. The Balaban J connectivity index is 2.66. The highest BCUT2D eigenvalue weighted by atomic mass is 35.5. The van der Waals surface area contributed by atoms with E-state index in [1.165, 1.54) is 0 Å². The Bertz CT molecular complexity index is 423. The Morgan fingerprint density at radius 1 is 1.44 bits per heavy atom. The fourth-order valence-corrected chi connectivity index (χ4v) is 1.56. The third-order valence-electron chi connectivity index (χ3n) is 1.82. The molecule has 86 valence electrons. The maximum atomic E-state index is 10.5. The van der Waals surface area contributed by atoms with Crippen LogP contribution in [0.5, 0.6) is 5.75 Å². The number of hydrogen-bond donors (Lipinski definition) is 2. The van der Waals surface area contributed by atoms with Crippen molar-refractivity contribution < 1.29 is 9.53 Å². The third-order valence-corrected chi connectivity index (χ3v) is 2.36. The predicted molar refractivity (Wildman–Crippen MR) is 66.6 cm³/mol. The number of thiocarbonyl (C=S) groups is 1. The van der Waals surface area contributed by atoms with Crippen LogP contribution in [0.4, 0.5) is 0 Å². The molecule has 0 unspecified atom stereocenters. The van der Waals surface area contributed by atoms with Crippen molar-refractivity contribution in [3.8, 4) is 5.75 Å². The zero-order valence-electron chi connectivity index (χ0n) is 8.40. The van der Waals surface area contributed by atoms with E-state index >= 15 is 0 Å². The van der Waals surface area contributed by atoms with E-state index in [9.17, 15) is 4.79 Å². The first kappa shape index (κ1) is 12.7. The molecule has 0 aliphatic heterocycles. The SMILES string of the molecule is NC(=O)CCOc1ccc(C(N)=S)c(Cl)c1. The first-order valence-electron chi connectivity index (χ1n) is 4.51. The number of amides is 1. The zero-order chi connectivity index (χ0) is 12.1. The molecule has 0 aromatic heterocycles. The molecule has 0 aliphatic rings. The molecule has 1 amide bonds. The zero-order valence-corrected chi connectivity index (χ0v) is 9.98. The second kappa shape index (κ2) is 5.67. The van der Waals surface area contributed by atoms with Crippen molar-refractivity contribution in [2.75, 3.05) is 6.61 Å². The molecule has 0 heterocycles. The van der Waals surface area contributed by atoms with Gasteiger partial charge in [-0.1, -0.05) is 23.8 Å². The van der Waals surface area contributed by atoms with Gasteiger partial charge < -0.3 is 16.2 Å². The van der Waals surface area contributed by atoms with Gasteiger partial charge in [0.15, 0.2) is 0 Å². The fourth-order valence-electron chi connectivity index (χ4n) is 1.05. The Kier molecular flexibility index (Phi) is 4.52. The van der Waals surface area contributed by atoms with Gasteiger partial charge in [-0.05, 0) is 18.2 Å². The van der Waals surface area contributed by atoms with Crippen molar-refractivity contribution in [1.29, 1.82) is 0 Å². The van der Waals surface area contributed by atoms with Crippen LogP contribution in [0.3, 0.4) is 0 Å². The molecule has 16 heavy (non-hydrogen) atoms. The number of ether oxygens (including phenoxy) is 1. The summed E-state index contributed by atoms with van der Waals surface area (Å²) in [6.45, 7) is 0.220. The quantitative estimate of drug-likeness (QED) is 0.779. The molecule has 0 spiro atoms. The van der Waals surface area contributed by atoms with Crippen LogP contribution in [0.2, 0.25) is 5.02 Å². The van der Waals surface area contributed by atoms with Gasteiger partial charge in [0.2, 0.25) is 5.91 Å². The summed E-state index contributed by atoms with van der Waals surface area (Å²) in [6, 6.07) is 4.95. The largest absolute Gasteiger partial charge is 0.493 e. The molecule has 4 nitrogen and oxygen atoms in total. The lowest BCUT2D eigenvalue weighted by molar-refractivity contribution is -0.118. The van der Waals surface area contributed by atoms with Gasteiger partial charge >= 0.3 is 0 Å². The monoisotopic (exact) mass is 258 g/mol. The Labute approximate surface area is 104 Å². The molecule has 1 rings (SSSR count). The van der Waals surface area contributed by atoms with Gasteiger partial charge in [0.1, 0.15) is 10.7 Å². The lowest BCUT2D eigenvalue weighted by Crippen LogP contribution is -2.14. The normalized spacial score (nSPS) is 9.81. The topological polar surface area (TPSA) is 78.3 Å². The number of hydrogen-bond acceptors (Lipinski definition) is 3. The molecule has 0 saturated heterocycles. The van der Waals surface area contributed by atoms with E-state index < -0.39 is 5.91 Å². The molecule has 0 radical (unpaired) electrons. The average Bonchev–Trinajstić information content (AvgIpc) is 2.16. The summed E-state index contributed by atoms with van der Waals surface area (Å²) in [5.74, 6) is 0.136. The summed E-state index contributed by atoms with van der Waals surface area (Å²) < 4.78 is 5.26. The first-order chi connectivity index (χ1) is 7.50. The van der Waals surface area contributed by atoms with Crippen molar-refractivity contribution in [3.05, 3.63) is 28.8 Å². The Hall–Kier alpha value is -1.33. The molecular weight excluding hydrogens is 248 g/mol. The molecule has 0 aliphatic carbocycles. The summed E-state index contributed by atoms with van der Waals surface area (Å²) in [4.78, 5) is 10.7. The van der Waals surface area contributed by atoms with Gasteiger partial charge in [0.05, 0.1) is 18.1 Å². The van der Waals surface area contributed by atoms with E-state index in [1.54, 1.807) is 18.2 Å². The average molecular weight is 259 g/mol. The number of carbonyl (C=O) groups excluding carboxylic acids is 1. The minimum absolute atomic E-state index is 0.161. The highest BCUT2D eigenvalue weighted by molar-refractivity contribution is 7.80. The predicted octanol–water partition coefficient (Wildman–Crippen LogP) is 1.23. The van der Waals surface area contributed by atoms with Crippen LogP contribution < -0.4 is 16.2 Å². The lowest BCUT2D eigenvalue weighted by atomic mass is 10.2. The van der Waals surface area contributed by atoms with Crippen molar-refractivity contribution >= 4 is 34.7 Å². The van der Waals surface area contributed by atoms with Gasteiger partial charge in [-0.3, -0.25) is 4.79 Å². The van der Waals surface area contributed by atoms with Gasteiger partial charge in [-0.2, -0.15) is 0 Å². The second-order valence-electron chi connectivity index (χ2n) is 3.07. The third kappa shape index (κ3) is 3.67. The van der Waals surface area contributed by atoms with Gasteiger partial charge in [-0.15, -0.1) is 0 Å². The standard InChI is InChI=1S/C10H11ClN2O2S/c11-8-5-6(15-4-3-9(12)14)1-2-7(8)10(13)16/h1-2,5H,3-4H2,(H2,12,14)(H2,13,16). The minimum Gasteiger partial charge on any atom is -0.493 e. The molecule has 0 fully saturated rings. The summed E-state index contributed by atoms with van der Waals surface area (Å²) in [7, 11) is 0. The number of primary amides is 1. The van der Waals surface area contributed by atoms with E-state index in [0.29, 0.717) is 16.3 Å². The van der Waals surface area contributed by atoms with Gasteiger partial charge in [0, 0.05) is 5.56 Å². The minimum atomic E-state index is -0.411. The number of halogens is 1. The van der Waals surface area contributed by atoms with Crippen LogP contribution in [-0.4, -0.2) is 17.5 Å². The van der Waals surface area contributed by atoms with Crippen LogP contribution in [-0.2, 0) is 4.79 Å². The molecule has 4 N–H and O–H groups in total. The summed E-state index contributed by atoms with van der Waals surface area (Å²) in [6.07, 6.45) is 0.161. The summed E-state index contributed by atoms with van der Waals surface area (Å²) in [5.41, 5.74) is 11.0. The molecule has 1 aromatic rings. The van der Waals surface area contributed by atoms with E-state index in [4.69, 9.17) is 40.0 Å².